The van der Waals surface area contributed by atoms with Gasteiger partial charge in [-0.3, -0.25) is 4.79 Å². The van der Waals surface area contributed by atoms with Gasteiger partial charge in [-0.05, 0) is 36.6 Å². The molecule has 24 heavy (non-hydrogen) atoms. The lowest BCUT2D eigenvalue weighted by atomic mass is 10.0. The second kappa shape index (κ2) is 6.91. The molecule has 1 aromatic heterocycles. The molecule has 0 aliphatic rings. The van der Waals surface area contributed by atoms with Gasteiger partial charge in [-0.25, -0.2) is 0 Å². The SMILES string of the molecule is CCc1c(CC(=O)OC)c2cc(C)ccc2n1Cc1ccccc1. The standard InChI is InChI=1S/C21H23NO2/c1-4-19-18(13-21(23)24-3)17-12-15(2)10-11-20(17)22(19)14-16-8-6-5-7-9-16/h5-12H,4,13-14H2,1-3H3. The third-order valence-corrected chi connectivity index (χ3v) is 4.51. The summed E-state index contributed by atoms with van der Waals surface area (Å²) in [6.07, 6.45) is 1.20. The largest absolute Gasteiger partial charge is 0.469 e. The van der Waals surface area contributed by atoms with Gasteiger partial charge in [-0.15, -0.1) is 0 Å². The maximum Gasteiger partial charge on any atom is 0.310 e. The van der Waals surface area contributed by atoms with E-state index >= 15 is 0 Å². The molecule has 0 atom stereocenters. The highest BCUT2D eigenvalue weighted by Crippen LogP contribution is 2.29. The van der Waals surface area contributed by atoms with E-state index in [-0.39, 0.29) is 5.97 Å². The lowest BCUT2D eigenvalue weighted by Crippen LogP contribution is -2.09. The molecular weight excluding hydrogens is 298 g/mol. The summed E-state index contributed by atoms with van der Waals surface area (Å²) in [5.74, 6) is -0.190. The second-order valence-electron chi connectivity index (χ2n) is 6.12. The molecule has 3 heteroatoms. The number of hydrogen-bond acceptors (Lipinski definition) is 2. The molecule has 1 heterocycles. The number of fused-ring (bicyclic) bond motifs is 1. The molecule has 0 fully saturated rings. The molecule has 3 rings (SSSR count). The van der Waals surface area contributed by atoms with Crippen LogP contribution in [0.3, 0.4) is 0 Å². The zero-order valence-corrected chi connectivity index (χ0v) is 14.5. The zero-order chi connectivity index (χ0) is 17.1. The van der Waals surface area contributed by atoms with Crippen LogP contribution < -0.4 is 0 Å². The molecule has 2 aromatic carbocycles. The Bertz CT molecular complexity index is 862. The average molecular weight is 321 g/mol. The molecule has 0 N–H and O–H groups in total. The van der Waals surface area contributed by atoms with E-state index in [1.165, 1.54) is 29.4 Å². The van der Waals surface area contributed by atoms with Crippen molar-refractivity contribution in [1.82, 2.24) is 4.57 Å². The molecule has 0 spiro atoms. The molecule has 0 saturated heterocycles. The van der Waals surface area contributed by atoms with Crippen molar-refractivity contribution in [2.75, 3.05) is 7.11 Å². The highest BCUT2D eigenvalue weighted by atomic mass is 16.5. The number of carbonyl (C=O) groups is 1. The second-order valence-corrected chi connectivity index (χ2v) is 6.12. The van der Waals surface area contributed by atoms with Crippen LogP contribution in [0.4, 0.5) is 0 Å². The predicted octanol–water partition coefficient (Wildman–Crippen LogP) is 4.28. The molecule has 3 nitrogen and oxygen atoms in total. The van der Waals surface area contributed by atoms with E-state index in [1.807, 2.05) is 6.07 Å². The molecule has 0 unspecified atom stereocenters. The van der Waals surface area contributed by atoms with Crippen molar-refractivity contribution < 1.29 is 9.53 Å². The normalized spacial score (nSPS) is 11.0. The third kappa shape index (κ3) is 3.07. The van der Waals surface area contributed by atoms with Crippen LogP contribution in [0.25, 0.3) is 10.9 Å². The minimum atomic E-state index is -0.190. The van der Waals surface area contributed by atoms with Gasteiger partial charge in [-0.2, -0.15) is 0 Å². The molecule has 0 aliphatic heterocycles. The zero-order valence-electron chi connectivity index (χ0n) is 14.5. The fourth-order valence-electron chi connectivity index (χ4n) is 3.36. The number of carbonyl (C=O) groups excluding carboxylic acids is 1. The summed E-state index contributed by atoms with van der Waals surface area (Å²) >= 11 is 0. The van der Waals surface area contributed by atoms with Crippen LogP contribution in [-0.4, -0.2) is 17.6 Å². The summed E-state index contributed by atoms with van der Waals surface area (Å²) in [7, 11) is 1.45. The number of hydrogen-bond donors (Lipinski definition) is 0. The van der Waals surface area contributed by atoms with E-state index < -0.39 is 0 Å². The molecule has 0 saturated carbocycles. The molecule has 0 amide bonds. The Kier molecular flexibility index (Phi) is 4.70. The van der Waals surface area contributed by atoms with Crippen molar-refractivity contribution in [2.24, 2.45) is 0 Å². The van der Waals surface area contributed by atoms with Crippen molar-refractivity contribution in [2.45, 2.75) is 33.2 Å². The van der Waals surface area contributed by atoms with Crippen LogP contribution in [-0.2, 0) is 28.9 Å². The van der Waals surface area contributed by atoms with Gasteiger partial charge < -0.3 is 9.30 Å². The maximum absolute atomic E-state index is 11.9. The Morgan fingerprint density at radius 2 is 1.88 bits per heavy atom. The number of aromatic nitrogens is 1. The number of esters is 1. The Hall–Kier alpha value is -2.55. The van der Waals surface area contributed by atoms with Gasteiger partial charge in [0.2, 0.25) is 0 Å². The first-order valence-corrected chi connectivity index (χ1v) is 8.35. The predicted molar refractivity (Wildman–Crippen MR) is 97.3 cm³/mol. The Morgan fingerprint density at radius 1 is 1.12 bits per heavy atom. The number of methoxy groups -OCH3 is 1. The first-order valence-electron chi connectivity index (χ1n) is 8.35. The topological polar surface area (TPSA) is 31.2 Å². The van der Waals surface area contributed by atoms with Gasteiger partial charge >= 0.3 is 5.97 Å². The van der Waals surface area contributed by atoms with Crippen LogP contribution in [0.15, 0.2) is 48.5 Å². The van der Waals surface area contributed by atoms with Gasteiger partial charge in [0, 0.05) is 23.1 Å². The summed E-state index contributed by atoms with van der Waals surface area (Å²) < 4.78 is 7.25. The van der Waals surface area contributed by atoms with E-state index in [0.29, 0.717) is 6.42 Å². The fraction of sp³-hybridized carbons (Fsp3) is 0.286. The van der Waals surface area contributed by atoms with Crippen LogP contribution in [0.5, 0.6) is 0 Å². The van der Waals surface area contributed by atoms with Crippen LogP contribution in [0.1, 0.15) is 29.3 Å². The van der Waals surface area contributed by atoms with E-state index in [1.54, 1.807) is 0 Å². The highest BCUT2D eigenvalue weighted by Gasteiger charge is 2.18. The number of aryl methyl sites for hydroxylation is 1. The fourth-order valence-corrected chi connectivity index (χ4v) is 3.36. The monoisotopic (exact) mass is 321 g/mol. The molecular formula is C21H23NO2. The van der Waals surface area contributed by atoms with Crippen molar-refractivity contribution >= 4 is 16.9 Å². The quantitative estimate of drug-likeness (QED) is 0.657. The highest BCUT2D eigenvalue weighted by molar-refractivity contribution is 5.90. The molecule has 0 bridgehead atoms. The first kappa shape index (κ1) is 16.3. The van der Waals surface area contributed by atoms with Crippen molar-refractivity contribution in [3.05, 3.63) is 70.9 Å². The number of benzene rings is 2. The van der Waals surface area contributed by atoms with Crippen molar-refractivity contribution in [1.29, 1.82) is 0 Å². The third-order valence-electron chi connectivity index (χ3n) is 4.51. The summed E-state index contributed by atoms with van der Waals surface area (Å²) in [6, 6.07) is 16.9. The van der Waals surface area contributed by atoms with Gasteiger partial charge in [0.1, 0.15) is 0 Å². The first-order chi connectivity index (χ1) is 11.6. The lowest BCUT2D eigenvalue weighted by molar-refractivity contribution is -0.139. The van der Waals surface area contributed by atoms with Crippen LogP contribution in [0.2, 0.25) is 0 Å². The smallest absolute Gasteiger partial charge is 0.310 e. The minimum absolute atomic E-state index is 0.190. The Balaban J connectivity index is 2.18. The summed E-state index contributed by atoms with van der Waals surface area (Å²) in [5.41, 5.74) is 5.95. The van der Waals surface area contributed by atoms with Gasteiger partial charge in [0.15, 0.2) is 0 Å². The molecule has 0 radical (unpaired) electrons. The van der Waals surface area contributed by atoms with E-state index in [0.717, 1.165) is 23.9 Å². The Labute approximate surface area is 142 Å². The van der Waals surface area contributed by atoms with Gasteiger partial charge in [-0.1, -0.05) is 48.9 Å². The summed E-state index contributed by atoms with van der Waals surface area (Å²) in [6.45, 7) is 5.04. The lowest BCUT2D eigenvalue weighted by Gasteiger charge is -2.11. The molecule has 3 aromatic rings. The maximum atomic E-state index is 11.9. The van der Waals surface area contributed by atoms with E-state index in [2.05, 4.69) is 60.9 Å². The molecule has 0 aliphatic carbocycles. The van der Waals surface area contributed by atoms with Crippen LogP contribution >= 0.6 is 0 Å². The average Bonchev–Trinajstić information content (AvgIpc) is 2.88. The van der Waals surface area contributed by atoms with Crippen molar-refractivity contribution in [3.63, 3.8) is 0 Å². The summed E-state index contributed by atoms with van der Waals surface area (Å²) in [4.78, 5) is 11.9. The number of ether oxygens (including phenoxy) is 1. The van der Waals surface area contributed by atoms with Crippen molar-refractivity contribution in [3.8, 4) is 0 Å². The van der Waals surface area contributed by atoms with Gasteiger partial charge in [0.25, 0.3) is 0 Å². The number of rotatable bonds is 5. The van der Waals surface area contributed by atoms with Crippen LogP contribution in [0, 0.1) is 6.92 Å². The summed E-state index contributed by atoms with van der Waals surface area (Å²) in [5, 5.41) is 1.16. The number of nitrogens with zero attached hydrogens (tertiary/aromatic N) is 1. The van der Waals surface area contributed by atoms with E-state index in [9.17, 15) is 4.79 Å². The Morgan fingerprint density at radius 3 is 2.54 bits per heavy atom. The minimum Gasteiger partial charge on any atom is -0.469 e. The van der Waals surface area contributed by atoms with Gasteiger partial charge in [0.05, 0.1) is 13.5 Å². The molecule has 124 valence electrons. The van der Waals surface area contributed by atoms with E-state index in [4.69, 9.17) is 4.74 Å².